The quantitative estimate of drug-likeness (QED) is 0.709. The normalized spacial score (nSPS) is 20.1. The molecule has 0 N–H and O–H groups in total. The number of carbonyl (C=O) groups is 2. The number of aromatic nitrogens is 1. The Morgan fingerprint density at radius 1 is 1.03 bits per heavy atom. The van der Waals surface area contributed by atoms with Crippen molar-refractivity contribution in [2.45, 2.75) is 25.7 Å². The fourth-order valence-electron chi connectivity index (χ4n) is 4.26. The van der Waals surface area contributed by atoms with Gasteiger partial charge in [0.15, 0.2) is 0 Å². The summed E-state index contributed by atoms with van der Waals surface area (Å²) in [5.41, 5.74) is 0.654. The first-order valence-electron chi connectivity index (χ1n) is 10.6. The van der Waals surface area contributed by atoms with E-state index in [1.165, 1.54) is 11.0 Å². The maximum atomic E-state index is 13.0. The molecule has 2 amide bonds. The molecule has 0 unspecified atom stereocenters. The Labute approximate surface area is 184 Å². The number of hydrogen-bond acceptors (Lipinski definition) is 4. The van der Waals surface area contributed by atoms with E-state index in [0.29, 0.717) is 18.7 Å². The number of likely N-dealkylation sites (tertiary alicyclic amines) is 1. The number of benzene rings is 1. The lowest BCUT2D eigenvalue weighted by molar-refractivity contribution is -0.138. The Morgan fingerprint density at radius 2 is 1.81 bits per heavy atom. The summed E-state index contributed by atoms with van der Waals surface area (Å²) in [7, 11) is 0. The minimum absolute atomic E-state index is 0.0534. The predicted octanol–water partition coefficient (Wildman–Crippen LogP) is 2.79. The molecule has 0 saturated carbocycles. The molecule has 0 spiro atoms. The van der Waals surface area contributed by atoms with E-state index in [9.17, 15) is 22.8 Å². The van der Waals surface area contributed by atoms with Crippen molar-refractivity contribution in [2.24, 2.45) is 5.92 Å². The summed E-state index contributed by atoms with van der Waals surface area (Å²) in [6.07, 6.45) is -2.56. The van der Waals surface area contributed by atoms with Gasteiger partial charge in [0.05, 0.1) is 17.2 Å². The van der Waals surface area contributed by atoms with Crippen LogP contribution in [0.3, 0.4) is 0 Å². The number of piperazine rings is 1. The molecular weight excluding hydrogens is 421 g/mol. The minimum atomic E-state index is -4.43. The van der Waals surface area contributed by atoms with Gasteiger partial charge in [-0.3, -0.25) is 19.5 Å². The molecule has 170 valence electrons. The summed E-state index contributed by atoms with van der Waals surface area (Å²) in [5.74, 6) is -0.701. The zero-order chi connectivity index (χ0) is 22.7. The maximum absolute atomic E-state index is 13.0. The minimum Gasteiger partial charge on any atom is -0.340 e. The van der Waals surface area contributed by atoms with E-state index < -0.39 is 17.7 Å². The Morgan fingerprint density at radius 3 is 2.50 bits per heavy atom. The van der Waals surface area contributed by atoms with Crippen molar-refractivity contribution < 1.29 is 22.8 Å². The first-order chi connectivity index (χ1) is 15.3. The van der Waals surface area contributed by atoms with Gasteiger partial charge in [-0.1, -0.05) is 18.2 Å². The fourth-order valence-corrected chi connectivity index (χ4v) is 4.26. The van der Waals surface area contributed by atoms with Crippen molar-refractivity contribution in [3.8, 4) is 0 Å². The van der Waals surface area contributed by atoms with Crippen molar-refractivity contribution in [3.05, 3.63) is 65.5 Å². The average molecular weight is 446 g/mol. The van der Waals surface area contributed by atoms with Crippen LogP contribution < -0.4 is 0 Å². The fraction of sp³-hybridized carbons (Fsp3) is 0.435. The monoisotopic (exact) mass is 446 g/mol. The molecule has 2 fully saturated rings. The van der Waals surface area contributed by atoms with Crippen LogP contribution in [0.15, 0.2) is 48.7 Å². The van der Waals surface area contributed by atoms with Gasteiger partial charge in [-0.2, -0.15) is 13.2 Å². The summed E-state index contributed by atoms with van der Waals surface area (Å²) in [6, 6.07) is 10.8. The van der Waals surface area contributed by atoms with Crippen LogP contribution in [0.4, 0.5) is 13.2 Å². The van der Waals surface area contributed by atoms with Gasteiger partial charge in [0.25, 0.3) is 0 Å². The van der Waals surface area contributed by atoms with E-state index in [4.69, 9.17) is 0 Å². The van der Waals surface area contributed by atoms with Gasteiger partial charge in [-0.15, -0.1) is 0 Å². The molecule has 9 heteroatoms. The lowest BCUT2D eigenvalue weighted by atomic mass is 10.1. The SMILES string of the molecule is O=C1C[C@@H](C(=O)N2CCN(Cc3ccccn3)CC2)CN1Cc1cccc(C(F)(F)F)c1. The molecular formula is C23H25F3N4O2. The number of amides is 2. The second-order valence-electron chi connectivity index (χ2n) is 8.30. The number of carbonyl (C=O) groups excluding carboxylic acids is 2. The lowest BCUT2D eigenvalue weighted by Gasteiger charge is -2.35. The Bertz CT molecular complexity index is 959. The van der Waals surface area contributed by atoms with E-state index >= 15 is 0 Å². The molecule has 32 heavy (non-hydrogen) atoms. The first-order valence-corrected chi connectivity index (χ1v) is 10.6. The van der Waals surface area contributed by atoms with Gasteiger partial charge in [0, 0.05) is 58.4 Å². The Kier molecular flexibility index (Phi) is 6.45. The van der Waals surface area contributed by atoms with E-state index in [1.807, 2.05) is 18.2 Å². The van der Waals surface area contributed by atoms with Gasteiger partial charge in [-0.05, 0) is 29.8 Å². The molecule has 6 nitrogen and oxygen atoms in total. The smallest absolute Gasteiger partial charge is 0.340 e. The summed E-state index contributed by atoms with van der Waals surface area (Å²) in [6.45, 7) is 3.68. The molecule has 0 bridgehead atoms. The number of pyridine rings is 1. The summed E-state index contributed by atoms with van der Waals surface area (Å²) in [5, 5.41) is 0. The van der Waals surface area contributed by atoms with Crippen LogP contribution in [0, 0.1) is 5.92 Å². The van der Waals surface area contributed by atoms with E-state index in [-0.39, 0.29) is 31.3 Å². The standard InChI is InChI=1S/C23H25F3N4O2/c24-23(25,26)19-5-3-4-17(12-19)14-30-15-18(13-21(30)31)22(32)29-10-8-28(9-11-29)16-20-6-1-2-7-27-20/h1-7,12,18H,8-11,13-16H2/t18-/m1/s1. The average Bonchev–Trinajstić information content (AvgIpc) is 3.14. The molecule has 0 aliphatic carbocycles. The van der Waals surface area contributed by atoms with Crippen molar-refractivity contribution in [2.75, 3.05) is 32.7 Å². The lowest BCUT2D eigenvalue weighted by Crippen LogP contribution is -2.50. The number of alkyl halides is 3. The van der Waals surface area contributed by atoms with Gasteiger partial charge in [-0.25, -0.2) is 0 Å². The number of nitrogens with zero attached hydrogens (tertiary/aromatic N) is 4. The summed E-state index contributed by atoms with van der Waals surface area (Å²) >= 11 is 0. The number of hydrogen-bond donors (Lipinski definition) is 0. The van der Waals surface area contributed by atoms with Crippen LogP contribution in [0.25, 0.3) is 0 Å². The molecule has 0 radical (unpaired) electrons. The van der Waals surface area contributed by atoms with E-state index in [1.54, 1.807) is 17.2 Å². The topological polar surface area (TPSA) is 56.8 Å². The molecule has 1 atom stereocenters. The predicted molar refractivity (Wildman–Crippen MR) is 111 cm³/mol. The Balaban J connectivity index is 1.30. The van der Waals surface area contributed by atoms with E-state index in [2.05, 4.69) is 9.88 Å². The zero-order valence-corrected chi connectivity index (χ0v) is 17.6. The van der Waals surface area contributed by atoms with Crippen molar-refractivity contribution in [3.63, 3.8) is 0 Å². The van der Waals surface area contributed by atoms with Crippen LogP contribution in [0.1, 0.15) is 23.2 Å². The van der Waals surface area contributed by atoms with Gasteiger partial charge in [0.2, 0.25) is 11.8 Å². The highest BCUT2D eigenvalue weighted by atomic mass is 19.4. The highest BCUT2D eigenvalue weighted by Gasteiger charge is 2.37. The van der Waals surface area contributed by atoms with Gasteiger partial charge >= 0.3 is 6.18 Å². The molecule has 2 aliphatic heterocycles. The molecule has 2 saturated heterocycles. The van der Waals surface area contributed by atoms with Crippen LogP contribution >= 0.6 is 0 Å². The maximum Gasteiger partial charge on any atom is 0.416 e. The second kappa shape index (κ2) is 9.28. The summed E-state index contributed by atoms with van der Waals surface area (Å²) < 4.78 is 38.8. The van der Waals surface area contributed by atoms with Crippen LogP contribution in [0.2, 0.25) is 0 Å². The largest absolute Gasteiger partial charge is 0.416 e. The molecule has 4 rings (SSSR count). The second-order valence-corrected chi connectivity index (χ2v) is 8.30. The molecule has 1 aromatic carbocycles. The zero-order valence-electron chi connectivity index (χ0n) is 17.6. The first kappa shape index (κ1) is 22.3. The third-order valence-corrected chi connectivity index (χ3v) is 5.99. The molecule has 2 aliphatic rings. The molecule has 2 aromatic rings. The van der Waals surface area contributed by atoms with Crippen molar-refractivity contribution in [1.29, 1.82) is 0 Å². The van der Waals surface area contributed by atoms with Crippen LogP contribution in [-0.2, 0) is 28.9 Å². The third kappa shape index (κ3) is 5.27. The van der Waals surface area contributed by atoms with E-state index in [0.717, 1.165) is 37.5 Å². The van der Waals surface area contributed by atoms with Crippen molar-refractivity contribution >= 4 is 11.8 Å². The molecule has 1 aromatic heterocycles. The highest BCUT2D eigenvalue weighted by Crippen LogP contribution is 2.30. The van der Waals surface area contributed by atoms with Crippen molar-refractivity contribution in [1.82, 2.24) is 19.7 Å². The number of halogens is 3. The summed E-state index contributed by atoms with van der Waals surface area (Å²) in [4.78, 5) is 35.2. The highest BCUT2D eigenvalue weighted by molar-refractivity contribution is 5.89. The Hall–Kier alpha value is -2.94. The van der Waals surface area contributed by atoms with Gasteiger partial charge in [0.1, 0.15) is 0 Å². The molecule has 3 heterocycles. The van der Waals surface area contributed by atoms with Gasteiger partial charge < -0.3 is 9.80 Å². The number of rotatable bonds is 5. The van der Waals surface area contributed by atoms with Crippen LogP contribution in [0.5, 0.6) is 0 Å². The van der Waals surface area contributed by atoms with Crippen LogP contribution in [-0.4, -0.2) is 64.2 Å². The third-order valence-electron chi connectivity index (χ3n) is 5.99.